The van der Waals surface area contributed by atoms with Crippen molar-refractivity contribution in [1.29, 1.82) is 0 Å². The molecule has 6 rings (SSSR count). The first-order valence-corrected chi connectivity index (χ1v) is 12.9. The molecule has 9 nitrogen and oxygen atoms in total. The van der Waals surface area contributed by atoms with E-state index in [1.54, 1.807) is 19.2 Å². The zero-order valence-electron chi connectivity index (χ0n) is 21.2. The maximum atomic E-state index is 12.5. The number of hydrogen-bond acceptors (Lipinski definition) is 6. The normalized spacial score (nSPS) is 16.1. The van der Waals surface area contributed by atoms with Gasteiger partial charge >= 0.3 is 0 Å². The summed E-state index contributed by atoms with van der Waals surface area (Å²) in [5.74, 6) is 1.33. The molecule has 1 saturated carbocycles. The zero-order valence-corrected chi connectivity index (χ0v) is 21.2. The summed E-state index contributed by atoms with van der Waals surface area (Å²) in [6, 6.07) is 18.5. The van der Waals surface area contributed by atoms with Gasteiger partial charge in [-0.15, -0.1) is 0 Å². The Morgan fingerprint density at radius 2 is 1.74 bits per heavy atom. The van der Waals surface area contributed by atoms with E-state index in [4.69, 9.17) is 9.72 Å². The number of imidazole rings is 1. The van der Waals surface area contributed by atoms with Crippen molar-refractivity contribution in [2.24, 2.45) is 5.92 Å². The molecule has 2 aromatic heterocycles. The van der Waals surface area contributed by atoms with Crippen molar-refractivity contribution in [3.05, 3.63) is 82.7 Å². The van der Waals surface area contributed by atoms with Crippen LogP contribution in [0.15, 0.2) is 66.9 Å². The van der Waals surface area contributed by atoms with E-state index in [2.05, 4.69) is 9.30 Å². The largest absolute Gasteiger partial charge is 0.497 e. The topological polar surface area (TPSA) is 93.2 Å². The lowest BCUT2D eigenvalue weighted by Crippen LogP contribution is -2.48. The Morgan fingerprint density at radius 3 is 2.42 bits per heavy atom. The molecule has 0 radical (unpaired) electrons. The summed E-state index contributed by atoms with van der Waals surface area (Å²) < 4.78 is 7.44. The van der Waals surface area contributed by atoms with Crippen LogP contribution in [0.25, 0.3) is 28.0 Å². The van der Waals surface area contributed by atoms with Crippen LogP contribution in [0.3, 0.4) is 0 Å². The van der Waals surface area contributed by atoms with Crippen LogP contribution < -0.4 is 4.74 Å². The standard InChI is InChI=1S/C29H29N5O4/c1-38-25-10-7-20(8-11-25)28-26(19-31-13-15-32(16-14-31)29(35)21-5-6-21)33-18-23(9-12-27(33)30-28)22-3-2-4-24(17-22)34(36)37/h2-4,7-12,17-18,21H,5-6,13-16,19H2,1H3. The molecule has 0 spiro atoms. The van der Waals surface area contributed by atoms with Crippen molar-refractivity contribution in [2.75, 3.05) is 33.3 Å². The smallest absolute Gasteiger partial charge is 0.270 e. The highest BCUT2D eigenvalue weighted by Crippen LogP contribution is 2.33. The van der Waals surface area contributed by atoms with Gasteiger partial charge in [-0.25, -0.2) is 4.98 Å². The Hall–Kier alpha value is -4.24. The number of pyridine rings is 1. The predicted octanol–water partition coefficient (Wildman–Crippen LogP) is 4.64. The molecule has 1 amide bonds. The zero-order chi connectivity index (χ0) is 26.2. The van der Waals surface area contributed by atoms with E-state index in [1.807, 2.05) is 53.6 Å². The molecule has 9 heteroatoms. The van der Waals surface area contributed by atoms with Crippen molar-refractivity contribution < 1.29 is 14.5 Å². The van der Waals surface area contributed by atoms with Gasteiger partial charge in [-0.3, -0.25) is 19.8 Å². The number of ether oxygens (including phenoxy) is 1. The molecule has 3 heterocycles. The first-order chi connectivity index (χ1) is 18.5. The van der Waals surface area contributed by atoms with Gasteiger partial charge in [0.2, 0.25) is 5.91 Å². The van der Waals surface area contributed by atoms with Gasteiger partial charge in [-0.2, -0.15) is 0 Å². The molecule has 1 aliphatic heterocycles. The van der Waals surface area contributed by atoms with E-state index in [1.165, 1.54) is 6.07 Å². The molecule has 4 aromatic rings. The van der Waals surface area contributed by atoms with Crippen molar-refractivity contribution in [3.63, 3.8) is 0 Å². The molecule has 0 atom stereocenters. The highest BCUT2D eigenvalue weighted by Gasteiger charge is 2.34. The quantitative estimate of drug-likeness (QED) is 0.265. The fourth-order valence-corrected chi connectivity index (χ4v) is 5.12. The molecule has 38 heavy (non-hydrogen) atoms. The first kappa shape index (κ1) is 24.1. The second kappa shape index (κ2) is 9.90. The lowest BCUT2D eigenvalue weighted by molar-refractivity contribution is -0.384. The molecule has 2 aliphatic rings. The number of fused-ring (bicyclic) bond motifs is 1. The Bertz CT molecular complexity index is 1500. The maximum absolute atomic E-state index is 12.5. The minimum absolute atomic E-state index is 0.0611. The lowest BCUT2D eigenvalue weighted by Gasteiger charge is -2.35. The molecule has 1 aliphatic carbocycles. The number of piperazine rings is 1. The molecule has 0 bridgehead atoms. The minimum Gasteiger partial charge on any atom is -0.497 e. The fraction of sp³-hybridized carbons (Fsp3) is 0.310. The SMILES string of the molecule is COc1ccc(-c2nc3ccc(-c4cccc([N+](=O)[O-])c4)cn3c2CN2CCN(C(=O)C3CC3)CC2)cc1. The average Bonchev–Trinajstić information content (AvgIpc) is 3.75. The van der Waals surface area contributed by atoms with Crippen LogP contribution >= 0.6 is 0 Å². The van der Waals surface area contributed by atoms with E-state index in [-0.39, 0.29) is 16.5 Å². The summed E-state index contributed by atoms with van der Waals surface area (Å²) in [5.41, 5.74) is 5.44. The van der Waals surface area contributed by atoms with Gasteiger partial charge in [0.05, 0.1) is 23.4 Å². The number of aromatic nitrogens is 2. The third kappa shape index (κ3) is 4.72. The summed E-state index contributed by atoms with van der Waals surface area (Å²) in [4.78, 5) is 32.8. The molecule has 194 valence electrons. The fourth-order valence-electron chi connectivity index (χ4n) is 5.12. The molecular formula is C29H29N5O4. The number of methoxy groups -OCH3 is 1. The third-order valence-corrected chi connectivity index (χ3v) is 7.46. The van der Waals surface area contributed by atoms with Gasteiger partial charge < -0.3 is 14.0 Å². The Morgan fingerprint density at radius 1 is 1.00 bits per heavy atom. The van der Waals surface area contributed by atoms with Crippen molar-refractivity contribution >= 4 is 17.2 Å². The van der Waals surface area contributed by atoms with Crippen molar-refractivity contribution in [1.82, 2.24) is 19.2 Å². The molecule has 0 N–H and O–H groups in total. The van der Waals surface area contributed by atoms with Crippen LogP contribution in [0.4, 0.5) is 5.69 Å². The number of nitro benzene ring substituents is 1. The van der Waals surface area contributed by atoms with Gasteiger partial charge in [0.25, 0.3) is 5.69 Å². The van der Waals surface area contributed by atoms with Gasteiger partial charge in [-0.05, 0) is 60.4 Å². The Labute approximate surface area is 220 Å². The second-order valence-corrected chi connectivity index (χ2v) is 9.96. The van der Waals surface area contributed by atoms with E-state index < -0.39 is 0 Å². The average molecular weight is 512 g/mol. The summed E-state index contributed by atoms with van der Waals surface area (Å²) in [5, 5.41) is 11.3. The molecule has 2 aromatic carbocycles. The minimum atomic E-state index is -0.375. The van der Waals surface area contributed by atoms with Crippen LogP contribution in [0.2, 0.25) is 0 Å². The first-order valence-electron chi connectivity index (χ1n) is 12.9. The number of nitro groups is 1. The van der Waals surface area contributed by atoms with Crippen LogP contribution in [0.5, 0.6) is 5.75 Å². The maximum Gasteiger partial charge on any atom is 0.270 e. The predicted molar refractivity (Wildman–Crippen MR) is 144 cm³/mol. The van der Waals surface area contributed by atoms with Crippen molar-refractivity contribution in [2.45, 2.75) is 19.4 Å². The van der Waals surface area contributed by atoms with E-state index in [0.717, 1.165) is 78.5 Å². The highest BCUT2D eigenvalue weighted by atomic mass is 16.6. The summed E-state index contributed by atoms with van der Waals surface area (Å²) in [6.07, 6.45) is 4.06. The summed E-state index contributed by atoms with van der Waals surface area (Å²) >= 11 is 0. The Balaban J connectivity index is 1.36. The highest BCUT2D eigenvalue weighted by molar-refractivity contribution is 5.81. The summed E-state index contributed by atoms with van der Waals surface area (Å²) in [6.45, 7) is 3.76. The van der Waals surface area contributed by atoms with Gasteiger partial charge in [0.15, 0.2) is 0 Å². The third-order valence-electron chi connectivity index (χ3n) is 7.46. The van der Waals surface area contributed by atoms with Crippen LogP contribution in [0, 0.1) is 16.0 Å². The number of non-ortho nitro benzene ring substituents is 1. The number of benzene rings is 2. The molecular weight excluding hydrogens is 482 g/mol. The van der Waals surface area contributed by atoms with Crippen LogP contribution in [0.1, 0.15) is 18.5 Å². The number of nitrogens with zero attached hydrogens (tertiary/aromatic N) is 5. The van der Waals surface area contributed by atoms with Gasteiger partial charge in [0.1, 0.15) is 11.4 Å². The van der Waals surface area contributed by atoms with Gasteiger partial charge in [0, 0.05) is 62.5 Å². The molecule has 0 unspecified atom stereocenters. The molecule has 2 fully saturated rings. The number of amides is 1. The van der Waals surface area contributed by atoms with Crippen molar-refractivity contribution in [3.8, 4) is 28.1 Å². The van der Waals surface area contributed by atoms with E-state index in [9.17, 15) is 14.9 Å². The van der Waals surface area contributed by atoms with Crippen LogP contribution in [-0.4, -0.2) is 63.3 Å². The second-order valence-electron chi connectivity index (χ2n) is 9.96. The Kier molecular flexibility index (Phi) is 6.29. The number of carbonyl (C=O) groups is 1. The van der Waals surface area contributed by atoms with Gasteiger partial charge in [-0.1, -0.05) is 12.1 Å². The number of carbonyl (C=O) groups excluding carboxylic acids is 1. The van der Waals surface area contributed by atoms with E-state index >= 15 is 0 Å². The lowest BCUT2D eigenvalue weighted by atomic mass is 10.1. The molecule has 1 saturated heterocycles. The number of hydrogen-bond donors (Lipinski definition) is 0. The van der Waals surface area contributed by atoms with Crippen LogP contribution in [-0.2, 0) is 11.3 Å². The van der Waals surface area contributed by atoms with E-state index in [0.29, 0.717) is 12.5 Å². The summed E-state index contributed by atoms with van der Waals surface area (Å²) in [7, 11) is 1.65. The number of rotatable bonds is 7. The monoisotopic (exact) mass is 511 g/mol.